The van der Waals surface area contributed by atoms with E-state index in [4.69, 9.17) is 16.7 Å². The van der Waals surface area contributed by atoms with Gasteiger partial charge in [-0.25, -0.2) is 4.68 Å². The minimum Gasteiger partial charge on any atom is -0.342 e. The molecule has 1 unspecified atom stereocenters. The predicted molar refractivity (Wildman–Crippen MR) is 137 cm³/mol. The summed E-state index contributed by atoms with van der Waals surface area (Å²) in [4.78, 5) is 30.8. The quantitative estimate of drug-likeness (QED) is 0.492. The minimum absolute atomic E-state index is 0.00586. The fourth-order valence-corrected chi connectivity index (χ4v) is 5.83. The van der Waals surface area contributed by atoms with Gasteiger partial charge in [-0.1, -0.05) is 55.8 Å². The van der Waals surface area contributed by atoms with Crippen molar-refractivity contribution < 1.29 is 9.59 Å². The molecule has 3 heterocycles. The highest BCUT2D eigenvalue weighted by Crippen LogP contribution is 2.44. The van der Waals surface area contributed by atoms with Gasteiger partial charge in [-0.3, -0.25) is 9.59 Å². The molecule has 182 valence electrons. The van der Waals surface area contributed by atoms with Gasteiger partial charge >= 0.3 is 0 Å². The molecule has 2 aliphatic rings. The lowest BCUT2D eigenvalue weighted by atomic mass is 9.93. The highest BCUT2D eigenvalue weighted by Gasteiger charge is 2.47. The number of carbonyl (C=O) groups is 2. The second kappa shape index (κ2) is 9.50. The van der Waals surface area contributed by atoms with E-state index in [0.717, 1.165) is 35.3 Å². The molecule has 3 aromatic rings. The van der Waals surface area contributed by atoms with Gasteiger partial charge in [0.25, 0.3) is 5.91 Å². The van der Waals surface area contributed by atoms with Gasteiger partial charge in [-0.15, -0.1) is 0 Å². The third kappa shape index (κ3) is 4.36. The normalized spacial score (nSPS) is 18.4. The van der Waals surface area contributed by atoms with Gasteiger partial charge in [-0.05, 0) is 55.5 Å². The molecule has 1 fully saturated rings. The number of aryl methyl sites for hydroxylation is 1. The predicted octanol–water partition coefficient (Wildman–Crippen LogP) is 5.22. The molecular formula is C28H31ClN4O2. The zero-order chi connectivity index (χ0) is 24.7. The smallest absolute Gasteiger partial charge is 0.273 e. The van der Waals surface area contributed by atoms with Crippen molar-refractivity contribution >= 4 is 23.4 Å². The number of likely N-dealkylation sites (tertiary alicyclic amines) is 1. The third-order valence-electron chi connectivity index (χ3n) is 7.23. The molecular weight excluding hydrogens is 460 g/mol. The average Bonchev–Trinajstić information content (AvgIpc) is 3.35. The summed E-state index contributed by atoms with van der Waals surface area (Å²) in [6.45, 7) is 7.64. The maximum Gasteiger partial charge on any atom is 0.273 e. The average molecular weight is 491 g/mol. The maximum atomic E-state index is 13.9. The van der Waals surface area contributed by atoms with Crippen molar-refractivity contribution in [3.63, 3.8) is 0 Å². The molecule has 35 heavy (non-hydrogen) atoms. The largest absolute Gasteiger partial charge is 0.342 e. The van der Waals surface area contributed by atoms with E-state index >= 15 is 0 Å². The minimum atomic E-state index is -0.00586. The summed E-state index contributed by atoms with van der Waals surface area (Å²) in [5.74, 6) is 0.416. The van der Waals surface area contributed by atoms with Crippen molar-refractivity contribution in [1.82, 2.24) is 19.6 Å². The Morgan fingerprint density at radius 2 is 1.80 bits per heavy atom. The molecule has 1 aromatic heterocycles. The van der Waals surface area contributed by atoms with Crippen LogP contribution in [0.1, 0.15) is 60.0 Å². The lowest BCUT2D eigenvalue weighted by Crippen LogP contribution is -2.49. The SMILES string of the molecule is Cc1nn(-c2ccccc2)c2c1C(C(C)C)N(C1CCN(C(=O)Cc3cccc(Cl)c3)CC1)C2=O. The van der Waals surface area contributed by atoms with Gasteiger partial charge < -0.3 is 9.80 Å². The third-order valence-corrected chi connectivity index (χ3v) is 7.46. The van der Waals surface area contributed by atoms with Crippen molar-refractivity contribution in [2.45, 2.75) is 52.1 Å². The summed E-state index contributed by atoms with van der Waals surface area (Å²) in [5.41, 5.74) is 4.47. The first-order valence-electron chi connectivity index (χ1n) is 12.3. The molecule has 0 aliphatic carbocycles. The standard InChI is InChI=1S/C28H31ClN4O2/c1-18(2)26-25-19(3)30-33(23-10-5-4-6-11-23)27(25)28(35)32(26)22-12-14-31(15-13-22)24(34)17-20-8-7-9-21(29)16-20/h4-11,16,18,22,26H,12-15,17H2,1-3H3. The van der Waals surface area contributed by atoms with Gasteiger partial charge in [0.1, 0.15) is 5.69 Å². The molecule has 6 nitrogen and oxygen atoms in total. The zero-order valence-electron chi connectivity index (χ0n) is 20.4. The number of hydrogen-bond donors (Lipinski definition) is 0. The van der Waals surface area contributed by atoms with Crippen LogP contribution in [0.2, 0.25) is 5.02 Å². The number of rotatable bonds is 5. The van der Waals surface area contributed by atoms with Gasteiger partial charge in [-0.2, -0.15) is 5.10 Å². The van der Waals surface area contributed by atoms with Crippen LogP contribution in [0, 0.1) is 12.8 Å². The van der Waals surface area contributed by atoms with Crippen LogP contribution in [-0.4, -0.2) is 50.5 Å². The van der Waals surface area contributed by atoms with E-state index < -0.39 is 0 Å². The van der Waals surface area contributed by atoms with Gasteiger partial charge in [0.2, 0.25) is 5.91 Å². The lowest BCUT2D eigenvalue weighted by molar-refractivity contribution is -0.132. The van der Waals surface area contributed by atoms with Crippen LogP contribution in [0.15, 0.2) is 54.6 Å². The van der Waals surface area contributed by atoms with Gasteiger partial charge in [0, 0.05) is 29.7 Å². The highest BCUT2D eigenvalue weighted by atomic mass is 35.5. The Balaban J connectivity index is 1.34. The summed E-state index contributed by atoms with van der Waals surface area (Å²) >= 11 is 6.08. The Bertz CT molecular complexity index is 1250. The summed E-state index contributed by atoms with van der Waals surface area (Å²) in [6, 6.07) is 17.4. The number of fused-ring (bicyclic) bond motifs is 1. The second-order valence-corrected chi connectivity index (χ2v) is 10.4. The fraction of sp³-hybridized carbons (Fsp3) is 0.393. The van der Waals surface area contributed by atoms with Crippen LogP contribution < -0.4 is 0 Å². The van der Waals surface area contributed by atoms with Crippen molar-refractivity contribution in [3.05, 3.63) is 82.1 Å². The Hall–Kier alpha value is -3.12. The van der Waals surface area contributed by atoms with Crippen molar-refractivity contribution in [2.24, 2.45) is 5.92 Å². The fourth-order valence-electron chi connectivity index (χ4n) is 5.62. The van der Waals surface area contributed by atoms with E-state index in [2.05, 4.69) is 18.7 Å². The molecule has 0 spiro atoms. The van der Waals surface area contributed by atoms with E-state index in [1.807, 2.05) is 71.1 Å². The Morgan fingerprint density at radius 3 is 2.46 bits per heavy atom. The van der Waals surface area contributed by atoms with Crippen molar-refractivity contribution in [3.8, 4) is 5.69 Å². The molecule has 0 saturated carbocycles. The number of para-hydroxylation sites is 1. The van der Waals surface area contributed by atoms with Crippen LogP contribution in [-0.2, 0) is 11.2 Å². The number of amides is 2. The second-order valence-electron chi connectivity index (χ2n) is 9.91. The molecule has 1 saturated heterocycles. The molecule has 5 rings (SSSR count). The number of piperidine rings is 1. The first kappa shape index (κ1) is 23.6. The summed E-state index contributed by atoms with van der Waals surface area (Å²) < 4.78 is 1.81. The Morgan fingerprint density at radius 1 is 1.09 bits per heavy atom. The maximum absolute atomic E-state index is 13.9. The summed E-state index contributed by atoms with van der Waals surface area (Å²) in [7, 11) is 0. The van der Waals surface area contributed by atoms with Crippen LogP contribution in [0.4, 0.5) is 0 Å². The number of aromatic nitrogens is 2. The number of hydrogen-bond acceptors (Lipinski definition) is 3. The highest BCUT2D eigenvalue weighted by molar-refractivity contribution is 6.30. The Kier molecular flexibility index (Phi) is 6.41. The van der Waals surface area contributed by atoms with E-state index in [1.54, 1.807) is 0 Å². The van der Waals surface area contributed by atoms with Crippen molar-refractivity contribution in [1.29, 1.82) is 0 Å². The molecule has 2 aromatic carbocycles. The zero-order valence-corrected chi connectivity index (χ0v) is 21.2. The van der Waals surface area contributed by atoms with Crippen LogP contribution in [0.25, 0.3) is 5.69 Å². The van der Waals surface area contributed by atoms with E-state index in [0.29, 0.717) is 30.2 Å². The molecule has 7 heteroatoms. The molecule has 1 atom stereocenters. The molecule has 2 amide bonds. The number of nitrogens with zero attached hydrogens (tertiary/aromatic N) is 4. The van der Waals surface area contributed by atoms with Crippen LogP contribution >= 0.6 is 11.6 Å². The topological polar surface area (TPSA) is 58.4 Å². The molecule has 0 bridgehead atoms. The van der Waals surface area contributed by atoms with E-state index in [9.17, 15) is 9.59 Å². The van der Waals surface area contributed by atoms with Crippen molar-refractivity contribution in [2.75, 3.05) is 13.1 Å². The van der Waals surface area contributed by atoms with E-state index in [-0.39, 0.29) is 29.8 Å². The summed E-state index contributed by atoms with van der Waals surface area (Å²) in [6.07, 6.45) is 1.90. The van der Waals surface area contributed by atoms with Crippen LogP contribution in [0.5, 0.6) is 0 Å². The number of carbonyl (C=O) groups excluding carboxylic acids is 2. The number of benzene rings is 2. The van der Waals surface area contributed by atoms with E-state index in [1.165, 1.54) is 0 Å². The lowest BCUT2D eigenvalue weighted by Gasteiger charge is -2.41. The Labute approximate surface area is 211 Å². The molecule has 0 radical (unpaired) electrons. The van der Waals surface area contributed by atoms with Gasteiger partial charge in [0.15, 0.2) is 0 Å². The molecule has 2 aliphatic heterocycles. The monoisotopic (exact) mass is 490 g/mol. The number of halogens is 1. The van der Waals surface area contributed by atoms with Gasteiger partial charge in [0.05, 0.1) is 23.8 Å². The first-order chi connectivity index (χ1) is 16.8. The first-order valence-corrected chi connectivity index (χ1v) is 12.7. The van der Waals surface area contributed by atoms with Crippen LogP contribution in [0.3, 0.4) is 0 Å². The summed E-state index contributed by atoms with van der Waals surface area (Å²) in [5, 5.41) is 5.40. The molecule has 0 N–H and O–H groups in total.